The van der Waals surface area contributed by atoms with E-state index in [9.17, 15) is 17.6 Å². The Hall–Kier alpha value is -3.16. The van der Waals surface area contributed by atoms with Gasteiger partial charge in [-0.3, -0.25) is 0 Å². The Morgan fingerprint density at radius 2 is 0.895 bits per heavy atom. The van der Waals surface area contributed by atoms with Crippen molar-refractivity contribution < 1.29 is 57.8 Å². The summed E-state index contributed by atoms with van der Waals surface area (Å²) < 4.78 is 56.9. The van der Waals surface area contributed by atoms with Crippen LogP contribution < -0.4 is 0 Å². The third-order valence-electron chi connectivity index (χ3n) is 5.92. The first-order chi connectivity index (χ1) is 17.3. The third-order valence-corrected chi connectivity index (χ3v) is 5.92. The van der Waals surface area contributed by atoms with Crippen molar-refractivity contribution in [3.05, 3.63) is 108 Å². The maximum absolute atomic E-state index is 13.8. The number of fused-ring (bicyclic) bond motifs is 2. The van der Waals surface area contributed by atoms with Crippen molar-refractivity contribution in [3.63, 3.8) is 0 Å². The molecule has 0 unspecified atom stereocenters. The number of para-hydroxylation sites is 4. The average Bonchev–Trinajstić information content (AvgIpc) is 3.37. The molecule has 4 nitrogen and oxygen atoms in total. The zero-order valence-corrected chi connectivity index (χ0v) is 24.8. The molecule has 0 saturated carbocycles. The Labute approximate surface area is 243 Å². The molecule has 10 heteroatoms. The van der Waals surface area contributed by atoms with Gasteiger partial charge < -0.3 is 9.13 Å². The fourth-order valence-electron chi connectivity index (χ4n) is 4.11. The second-order valence-corrected chi connectivity index (χ2v) is 8.21. The molecular weight excluding hydrogens is 853 g/mol. The number of aromatic nitrogens is 4. The smallest absolute Gasteiger partial charge is 0.143 e. The van der Waals surface area contributed by atoms with E-state index in [1.807, 2.05) is 62.6 Å². The Balaban J connectivity index is 0.000000200. The Morgan fingerprint density at radius 3 is 1.24 bits per heavy atom. The molecule has 0 spiro atoms. The molecule has 6 aromatic rings. The molecule has 0 aliphatic carbocycles. The van der Waals surface area contributed by atoms with Crippen LogP contribution in [0.1, 0.15) is 0 Å². The van der Waals surface area contributed by atoms with Crippen LogP contribution in [-0.2, 0) is 54.3 Å². The Morgan fingerprint density at radius 1 is 0.526 bits per heavy atom. The molecule has 2 radical (unpaired) electrons. The van der Waals surface area contributed by atoms with Crippen molar-refractivity contribution in [1.29, 1.82) is 0 Å². The summed E-state index contributed by atoms with van der Waals surface area (Å²) in [7, 11) is 3.63. The summed E-state index contributed by atoms with van der Waals surface area (Å²) in [6, 6.07) is 22.1. The van der Waals surface area contributed by atoms with Crippen LogP contribution in [0.25, 0.3) is 44.8 Å². The number of imidazole rings is 2. The molecular formula is C28H20F4Ir2N4. The minimum absolute atomic E-state index is 0. The predicted molar refractivity (Wildman–Crippen MR) is 132 cm³/mol. The van der Waals surface area contributed by atoms with Crippen LogP contribution in [0.5, 0.6) is 0 Å². The topological polar surface area (TPSA) is 35.6 Å². The number of aryl methyl sites for hydroxylation is 2. The van der Waals surface area contributed by atoms with Gasteiger partial charge in [-0.1, -0.05) is 24.3 Å². The number of halogens is 4. The van der Waals surface area contributed by atoms with Crippen molar-refractivity contribution in [2.75, 3.05) is 0 Å². The molecule has 0 bridgehead atoms. The minimum atomic E-state index is -0.603. The van der Waals surface area contributed by atoms with Gasteiger partial charge in [0.2, 0.25) is 0 Å². The molecule has 0 atom stereocenters. The largest absolute Gasteiger partial charge is 0.327 e. The van der Waals surface area contributed by atoms with Gasteiger partial charge >= 0.3 is 0 Å². The second-order valence-electron chi connectivity index (χ2n) is 8.21. The van der Waals surface area contributed by atoms with Gasteiger partial charge in [0.1, 0.15) is 34.9 Å². The summed E-state index contributed by atoms with van der Waals surface area (Å²) in [5, 5.41) is 0. The van der Waals surface area contributed by atoms with Crippen molar-refractivity contribution in [3.8, 4) is 22.8 Å². The van der Waals surface area contributed by atoms with Crippen molar-refractivity contribution in [2.45, 2.75) is 0 Å². The minimum Gasteiger partial charge on any atom is -0.327 e. The van der Waals surface area contributed by atoms with Crippen molar-refractivity contribution in [1.82, 2.24) is 19.1 Å². The number of hydrogen-bond donors (Lipinski definition) is 0. The maximum atomic E-state index is 13.8. The van der Waals surface area contributed by atoms with Gasteiger partial charge in [-0.25, -0.2) is 27.5 Å². The molecule has 0 saturated heterocycles. The van der Waals surface area contributed by atoms with E-state index < -0.39 is 23.3 Å². The van der Waals surface area contributed by atoms with E-state index in [0.717, 1.165) is 34.2 Å². The zero-order chi connectivity index (χ0) is 25.4. The molecule has 198 valence electrons. The predicted octanol–water partition coefficient (Wildman–Crippen LogP) is 7.03. The summed E-state index contributed by atoms with van der Waals surface area (Å²) in [6.45, 7) is 0. The van der Waals surface area contributed by atoms with Gasteiger partial charge in [-0.05, 0) is 48.5 Å². The standard InChI is InChI=1S/2C14H10F2N2.2Ir/c2*1-18-13-5-3-2-4-12(13)17-14(18)10-7-6-9(15)8-11(10)16;;/h2*2-8H,1H3;;. The van der Waals surface area contributed by atoms with Gasteiger partial charge in [-0.2, -0.15) is 0 Å². The summed E-state index contributed by atoms with van der Waals surface area (Å²) in [4.78, 5) is 8.75. The molecule has 38 heavy (non-hydrogen) atoms. The number of hydrogen-bond acceptors (Lipinski definition) is 2. The third kappa shape index (κ3) is 5.64. The maximum Gasteiger partial charge on any atom is 0.143 e. The van der Waals surface area contributed by atoms with Crippen LogP contribution in [0, 0.1) is 23.3 Å². The monoisotopic (exact) mass is 874 g/mol. The van der Waals surface area contributed by atoms with Crippen LogP contribution in [0.2, 0.25) is 0 Å². The molecule has 4 aromatic carbocycles. The van der Waals surface area contributed by atoms with Gasteiger partial charge in [0.15, 0.2) is 0 Å². The van der Waals surface area contributed by atoms with E-state index in [1.54, 1.807) is 9.13 Å². The summed E-state index contributed by atoms with van der Waals surface area (Å²) in [6.07, 6.45) is 0. The molecule has 0 aliphatic rings. The van der Waals surface area contributed by atoms with Crippen LogP contribution in [-0.4, -0.2) is 19.1 Å². The van der Waals surface area contributed by atoms with Gasteiger partial charge in [0.05, 0.1) is 33.2 Å². The first-order valence-electron chi connectivity index (χ1n) is 11.1. The number of benzene rings is 4. The van der Waals surface area contributed by atoms with Crippen LogP contribution in [0.3, 0.4) is 0 Å². The summed E-state index contributed by atoms with van der Waals surface area (Å²) in [5.74, 6) is -1.39. The van der Waals surface area contributed by atoms with Crippen LogP contribution >= 0.6 is 0 Å². The van der Waals surface area contributed by atoms with Gasteiger partial charge in [0.25, 0.3) is 0 Å². The zero-order valence-electron chi connectivity index (χ0n) is 20.1. The van der Waals surface area contributed by atoms with E-state index in [4.69, 9.17) is 0 Å². The van der Waals surface area contributed by atoms with Crippen LogP contribution in [0.15, 0.2) is 84.9 Å². The van der Waals surface area contributed by atoms with Crippen molar-refractivity contribution >= 4 is 22.1 Å². The SMILES string of the molecule is Cn1c(-c2ccc(F)cc2F)nc2ccccc21.Cn1c(-c2ccc(F)cc2F)nc2ccccc21.[Ir].[Ir]. The fraction of sp³-hybridized carbons (Fsp3) is 0.0714. The van der Waals surface area contributed by atoms with Crippen molar-refractivity contribution in [2.24, 2.45) is 14.1 Å². The Kier molecular flexibility index (Phi) is 9.39. The molecule has 2 heterocycles. The quantitative estimate of drug-likeness (QED) is 0.176. The summed E-state index contributed by atoms with van der Waals surface area (Å²) in [5.41, 5.74) is 4.01. The fourth-order valence-corrected chi connectivity index (χ4v) is 4.11. The average molecular weight is 873 g/mol. The molecule has 6 rings (SSSR count). The van der Waals surface area contributed by atoms with E-state index in [-0.39, 0.29) is 40.2 Å². The normalized spacial score (nSPS) is 10.5. The van der Waals surface area contributed by atoms with E-state index >= 15 is 0 Å². The van der Waals surface area contributed by atoms with E-state index in [0.29, 0.717) is 22.8 Å². The van der Waals surface area contributed by atoms with E-state index in [2.05, 4.69) is 9.97 Å². The first kappa shape index (κ1) is 29.4. The Bertz CT molecular complexity index is 1600. The second kappa shape index (κ2) is 12.1. The summed E-state index contributed by atoms with van der Waals surface area (Å²) >= 11 is 0. The molecule has 0 fully saturated rings. The molecule has 2 aromatic heterocycles. The molecule has 0 amide bonds. The van der Waals surface area contributed by atoms with Gasteiger partial charge in [0, 0.05) is 66.4 Å². The number of nitrogens with zero attached hydrogens (tertiary/aromatic N) is 4. The number of rotatable bonds is 2. The molecule has 0 aliphatic heterocycles. The van der Waals surface area contributed by atoms with Crippen LogP contribution in [0.4, 0.5) is 17.6 Å². The first-order valence-corrected chi connectivity index (χ1v) is 11.1. The van der Waals surface area contributed by atoms with Gasteiger partial charge in [-0.15, -0.1) is 0 Å². The molecule has 0 N–H and O–H groups in total. The van der Waals surface area contributed by atoms with E-state index in [1.165, 1.54) is 24.3 Å².